The summed E-state index contributed by atoms with van der Waals surface area (Å²) in [6, 6.07) is 7.62. The van der Waals surface area contributed by atoms with Crippen LogP contribution in [0.3, 0.4) is 0 Å². The molecule has 0 heterocycles. The molecule has 0 radical (unpaired) electrons. The van der Waals surface area contributed by atoms with Gasteiger partial charge in [0, 0.05) is 0 Å². The fourth-order valence-electron chi connectivity index (χ4n) is 1.74. The first-order valence-electron chi connectivity index (χ1n) is 6.44. The zero-order valence-electron chi connectivity index (χ0n) is 11.8. The van der Waals surface area contributed by atoms with E-state index in [4.69, 9.17) is 9.47 Å². The van der Waals surface area contributed by atoms with E-state index in [2.05, 4.69) is 6.58 Å². The van der Waals surface area contributed by atoms with Gasteiger partial charge < -0.3 is 14.3 Å². The van der Waals surface area contributed by atoms with Gasteiger partial charge in [-0.2, -0.15) is 0 Å². The number of benzene rings is 1. The van der Waals surface area contributed by atoms with Crippen molar-refractivity contribution in [2.24, 2.45) is 11.8 Å². The Hall–Kier alpha value is -1.61. The van der Waals surface area contributed by atoms with Crippen LogP contribution in [-0.4, -0.2) is 19.5 Å². The second-order valence-corrected chi connectivity index (χ2v) is 4.71. The van der Waals surface area contributed by atoms with Crippen LogP contribution in [0.4, 0.5) is 0 Å². The Morgan fingerprint density at radius 1 is 1.26 bits per heavy atom. The number of rotatable bonds is 8. The molecule has 19 heavy (non-hydrogen) atoms. The van der Waals surface area contributed by atoms with E-state index in [1.807, 2.05) is 44.2 Å². The highest BCUT2D eigenvalue weighted by Gasteiger charge is 2.21. The van der Waals surface area contributed by atoms with E-state index in [0.29, 0.717) is 6.61 Å². The molecule has 104 valence electrons. The Balaban J connectivity index is 2.57. The van der Waals surface area contributed by atoms with Crippen LogP contribution in [0, 0.1) is 11.8 Å². The molecule has 0 aliphatic rings. The zero-order valence-corrected chi connectivity index (χ0v) is 11.8. The minimum atomic E-state index is -0.407. The molecule has 3 heteroatoms. The van der Waals surface area contributed by atoms with Crippen LogP contribution in [0.2, 0.25) is 0 Å². The largest absolute Gasteiger partial charge is 0.497 e. The van der Waals surface area contributed by atoms with Crippen molar-refractivity contribution in [3.05, 3.63) is 42.5 Å². The Bertz CT molecular complexity index is 397. The lowest BCUT2D eigenvalue weighted by Gasteiger charge is -2.23. The summed E-state index contributed by atoms with van der Waals surface area (Å²) in [5, 5.41) is 0. The lowest BCUT2D eigenvalue weighted by atomic mass is 9.91. The summed E-state index contributed by atoms with van der Waals surface area (Å²) in [6.07, 6.45) is 2.31. The van der Waals surface area contributed by atoms with E-state index >= 15 is 0 Å². The number of carbonyl (C=O) groups is 1. The molecule has 0 N–H and O–H groups in total. The SMILES string of the molecule is C=C[C@@H](C)[C@H](C)[C@H](C=O)OCc1ccc(OC)cc1. The Kier molecular flexibility index (Phi) is 6.30. The predicted octanol–water partition coefficient (Wildman–Crippen LogP) is 3.24. The maximum absolute atomic E-state index is 11.1. The van der Waals surface area contributed by atoms with Crippen LogP contribution in [-0.2, 0) is 16.1 Å². The van der Waals surface area contributed by atoms with Crippen molar-refractivity contribution in [2.45, 2.75) is 26.6 Å². The molecule has 0 saturated heterocycles. The third kappa shape index (κ3) is 4.52. The number of hydrogen-bond acceptors (Lipinski definition) is 3. The fourth-order valence-corrected chi connectivity index (χ4v) is 1.74. The van der Waals surface area contributed by atoms with Gasteiger partial charge in [-0.05, 0) is 29.5 Å². The first-order chi connectivity index (χ1) is 9.12. The average molecular weight is 262 g/mol. The lowest BCUT2D eigenvalue weighted by molar-refractivity contribution is -0.122. The molecule has 3 atom stereocenters. The van der Waals surface area contributed by atoms with Crippen molar-refractivity contribution < 1.29 is 14.3 Å². The molecule has 0 bridgehead atoms. The molecule has 0 aromatic heterocycles. The number of ether oxygens (including phenoxy) is 2. The molecule has 0 amide bonds. The van der Waals surface area contributed by atoms with Gasteiger partial charge in [0.05, 0.1) is 13.7 Å². The van der Waals surface area contributed by atoms with Gasteiger partial charge in [0.25, 0.3) is 0 Å². The maximum Gasteiger partial charge on any atom is 0.149 e. The van der Waals surface area contributed by atoms with Gasteiger partial charge in [-0.25, -0.2) is 0 Å². The monoisotopic (exact) mass is 262 g/mol. The number of hydrogen-bond donors (Lipinski definition) is 0. The van der Waals surface area contributed by atoms with Crippen LogP contribution in [0.15, 0.2) is 36.9 Å². The average Bonchev–Trinajstić information content (AvgIpc) is 2.47. The molecule has 0 saturated carbocycles. The molecule has 0 aliphatic carbocycles. The molecule has 0 spiro atoms. The third-order valence-corrected chi connectivity index (χ3v) is 3.45. The van der Waals surface area contributed by atoms with E-state index in [9.17, 15) is 4.79 Å². The quantitative estimate of drug-likeness (QED) is 0.533. The first-order valence-corrected chi connectivity index (χ1v) is 6.44. The van der Waals surface area contributed by atoms with Gasteiger partial charge in [0.2, 0.25) is 0 Å². The van der Waals surface area contributed by atoms with Crippen molar-refractivity contribution >= 4 is 6.29 Å². The second kappa shape index (κ2) is 7.74. The molecule has 0 aliphatic heterocycles. The first kappa shape index (κ1) is 15.4. The van der Waals surface area contributed by atoms with Crippen molar-refractivity contribution in [1.82, 2.24) is 0 Å². The summed E-state index contributed by atoms with van der Waals surface area (Å²) in [5.41, 5.74) is 1.02. The van der Waals surface area contributed by atoms with E-state index in [-0.39, 0.29) is 11.8 Å². The normalized spacial score (nSPS) is 15.3. The van der Waals surface area contributed by atoms with E-state index in [0.717, 1.165) is 17.6 Å². The van der Waals surface area contributed by atoms with Crippen LogP contribution in [0.25, 0.3) is 0 Å². The van der Waals surface area contributed by atoms with Gasteiger partial charge in [-0.1, -0.05) is 32.1 Å². The van der Waals surface area contributed by atoms with Crippen LogP contribution >= 0.6 is 0 Å². The van der Waals surface area contributed by atoms with Crippen LogP contribution < -0.4 is 4.74 Å². The molecule has 0 unspecified atom stereocenters. The standard InChI is InChI=1S/C16H22O3/c1-5-12(2)13(3)16(10-17)19-11-14-6-8-15(18-4)9-7-14/h5-10,12-13,16H,1,11H2,2-4H3/t12-,13+,16+/m1/s1. The van der Waals surface area contributed by atoms with E-state index in [1.165, 1.54) is 0 Å². The lowest BCUT2D eigenvalue weighted by Crippen LogP contribution is -2.27. The maximum atomic E-state index is 11.1. The van der Waals surface area contributed by atoms with Gasteiger partial charge in [-0.15, -0.1) is 6.58 Å². The van der Waals surface area contributed by atoms with Gasteiger partial charge in [0.15, 0.2) is 0 Å². The molecule has 1 rings (SSSR count). The summed E-state index contributed by atoms with van der Waals surface area (Å²) in [4.78, 5) is 11.1. The summed E-state index contributed by atoms with van der Waals surface area (Å²) >= 11 is 0. The number of methoxy groups -OCH3 is 1. The topological polar surface area (TPSA) is 35.5 Å². The highest BCUT2D eigenvalue weighted by Crippen LogP contribution is 2.19. The van der Waals surface area contributed by atoms with E-state index < -0.39 is 6.10 Å². The Labute approximate surface area is 115 Å². The van der Waals surface area contributed by atoms with Crippen LogP contribution in [0.5, 0.6) is 5.75 Å². The molecular weight excluding hydrogens is 240 g/mol. The highest BCUT2D eigenvalue weighted by molar-refractivity contribution is 5.56. The highest BCUT2D eigenvalue weighted by atomic mass is 16.5. The molecule has 3 nitrogen and oxygen atoms in total. The Morgan fingerprint density at radius 2 is 1.89 bits per heavy atom. The molecular formula is C16H22O3. The minimum Gasteiger partial charge on any atom is -0.497 e. The molecule has 0 fully saturated rings. The molecule has 1 aromatic rings. The van der Waals surface area contributed by atoms with Crippen molar-refractivity contribution in [1.29, 1.82) is 0 Å². The molecule has 1 aromatic carbocycles. The minimum absolute atomic E-state index is 0.119. The third-order valence-electron chi connectivity index (χ3n) is 3.45. The van der Waals surface area contributed by atoms with E-state index in [1.54, 1.807) is 7.11 Å². The zero-order chi connectivity index (χ0) is 14.3. The van der Waals surface area contributed by atoms with Gasteiger partial charge >= 0.3 is 0 Å². The van der Waals surface area contributed by atoms with Gasteiger partial charge in [0.1, 0.15) is 18.1 Å². The summed E-state index contributed by atoms with van der Waals surface area (Å²) in [6.45, 7) is 8.20. The van der Waals surface area contributed by atoms with Crippen molar-refractivity contribution in [3.63, 3.8) is 0 Å². The number of carbonyl (C=O) groups excluding carboxylic acids is 1. The summed E-state index contributed by atoms with van der Waals surface area (Å²) in [7, 11) is 1.63. The second-order valence-electron chi connectivity index (χ2n) is 4.71. The van der Waals surface area contributed by atoms with Gasteiger partial charge in [-0.3, -0.25) is 0 Å². The van der Waals surface area contributed by atoms with Crippen molar-refractivity contribution in [3.8, 4) is 5.75 Å². The van der Waals surface area contributed by atoms with Crippen LogP contribution in [0.1, 0.15) is 19.4 Å². The van der Waals surface area contributed by atoms with Crippen molar-refractivity contribution in [2.75, 3.05) is 7.11 Å². The smallest absolute Gasteiger partial charge is 0.149 e. The predicted molar refractivity (Wildman–Crippen MR) is 76.2 cm³/mol. The fraction of sp³-hybridized carbons (Fsp3) is 0.438. The summed E-state index contributed by atoms with van der Waals surface area (Å²) < 4.78 is 10.8. The Morgan fingerprint density at radius 3 is 2.37 bits per heavy atom. The number of allylic oxidation sites excluding steroid dienone is 1. The summed E-state index contributed by atoms with van der Waals surface area (Å²) in [5.74, 6) is 1.17. The number of aldehydes is 1.